The van der Waals surface area contributed by atoms with E-state index >= 15 is 0 Å². The lowest BCUT2D eigenvalue weighted by Crippen LogP contribution is -2.34. The zero-order valence-electron chi connectivity index (χ0n) is 16.1. The second-order valence-corrected chi connectivity index (χ2v) is 7.33. The van der Waals surface area contributed by atoms with Crippen LogP contribution in [-0.4, -0.2) is 23.9 Å². The van der Waals surface area contributed by atoms with Crippen molar-refractivity contribution >= 4 is 18.3 Å². The molecule has 146 valence electrons. The maximum atomic E-state index is 13.1. The number of nitrogens with one attached hydrogen (secondary N) is 1. The molecule has 0 spiro atoms. The number of carbonyl (C=O) groups excluding carboxylic acids is 1. The van der Waals surface area contributed by atoms with E-state index in [1.165, 1.54) is 24.0 Å². The predicted molar refractivity (Wildman–Crippen MR) is 114 cm³/mol. The largest absolute Gasteiger partial charge is 0.332 e. The second kappa shape index (κ2) is 11.1. The molecule has 0 saturated carbocycles. The van der Waals surface area contributed by atoms with Crippen molar-refractivity contribution in [1.29, 1.82) is 0 Å². The van der Waals surface area contributed by atoms with Gasteiger partial charge < -0.3 is 10.2 Å². The third kappa shape index (κ3) is 6.37. The Hall–Kier alpha value is -1.84. The van der Waals surface area contributed by atoms with Gasteiger partial charge in [-0.05, 0) is 56.3 Å². The van der Waals surface area contributed by atoms with E-state index in [1.807, 2.05) is 41.3 Å². The fourth-order valence-corrected chi connectivity index (χ4v) is 3.77. The molecule has 1 atom stereocenters. The van der Waals surface area contributed by atoms with Gasteiger partial charge in [-0.2, -0.15) is 0 Å². The Labute approximate surface area is 169 Å². The van der Waals surface area contributed by atoms with Crippen molar-refractivity contribution in [2.24, 2.45) is 5.92 Å². The summed E-state index contributed by atoms with van der Waals surface area (Å²) in [5, 5.41) is 3.40. The summed E-state index contributed by atoms with van der Waals surface area (Å²) in [6, 6.07) is 20.7. The highest BCUT2D eigenvalue weighted by molar-refractivity contribution is 5.85. The van der Waals surface area contributed by atoms with E-state index in [4.69, 9.17) is 0 Å². The summed E-state index contributed by atoms with van der Waals surface area (Å²) in [6.07, 6.45) is 4.04. The van der Waals surface area contributed by atoms with E-state index in [-0.39, 0.29) is 24.4 Å². The standard InChI is InChI=1S/C23H30N2O.ClH/c1-19(22-10-6-3-7-11-22)25(18-21-8-4-2-5-9-21)23(26)13-12-20-14-16-24-17-15-20;/h2-11,19-20,24H,12-18H2,1H3;1H. The molecular formula is C23H31ClN2O. The number of amides is 1. The highest BCUT2D eigenvalue weighted by atomic mass is 35.5. The lowest BCUT2D eigenvalue weighted by molar-refractivity contribution is -0.134. The maximum Gasteiger partial charge on any atom is 0.223 e. The second-order valence-electron chi connectivity index (χ2n) is 7.33. The van der Waals surface area contributed by atoms with Gasteiger partial charge in [0.05, 0.1) is 6.04 Å². The number of benzene rings is 2. The molecule has 1 unspecified atom stereocenters. The van der Waals surface area contributed by atoms with Gasteiger partial charge in [-0.3, -0.25) is 4.79 Å². The van der Waals surface area contributed by atoms with Crippen LogP contribution >= 0.6 is 12.4 Å². The lowest BCUT2D eigenvalue weighted by Gasteiger charge is -2.31. The molecule has 0 aromatic heterocycles. The van der Waals surface area contributed by atoms with Gasteiger partial charge >= 0.3 is 0 Å². The van der Waals surface area contributed by atoms with Crippen molar-refractivity contribution in [2.75, 3.05) is 13.1 Å². The number of nitrogens with zero attached hydrogens (tertiary/aromatic N) is 1. The molecule has 1 heterocycles. The van der Waals surface area contributed by atoms with Gasteiger partial charge in [0.2, 0.25) is 5.91 Å². The smallest absolute Gasteiger partial charge is 0.223 e. The minimum Gasteiger partial charge on any atom is -0.332 e. The summed E-state index contributed by atoms with van der Waals surface area (Å²) in [6.45, 7) is 4.99. The molecule has 2 aromatic rings. The van der Waals surface area contributed by atoms with Gasteiger partial charge in [-0.25, -0.2) is 0 Å². The summed E-state index contributed by atoms with van der Waals surface area (Å²) >= 11 is 0. The minimum absolute atomic E-state index is 0. The third-order valence-electron chi connectivity index (χ3n) is 5.49. The molecule has 0 bridgehead atoms. The fourth-order valence-electron chi connectivity index (χ4n) is 3.77. The lowest BCUT2D eigenvalue weighted by atomic mass is 9.92. The van der Waals surface area contributed by atoms with Crippen LogP contribution < -0.4 is 5.32 Å². The highest BCUT2D eigenvalue weighted by Crippen LogP contribution is 2.25. The molecule has 1 saturated heterocycles. The molecule has 1 amide bonds. The molecule has 0 radical (unpaired) electrons. The van der Waals surface area contributed by atoms with Gasteiger partial charge in [0.1, 0.15) is 0 Å². The molecule has 3 rings (SSSR count). The van der Waals surface area contributed by atoms with Gasteiger partial charge in [-0.15, -0.1) is 12.4 Å². The van der Waals surface area contributed by atoms with Crippen LogP contribution in [0.2, 0.25) is 0 Å². The van der Waals surface area contributed by atoms with E-state index in [0.29, 0.717) is 18.9 Å². The molecule has 2 aromatic carbocycles. The highest BCUT2D eigenvalue weighted by Gasteiger charge is 2.23. The van der Waals surface area contributed by atoms with Crippen LogP contribution in [0.5, 0.6) is 0 Å². The number of halogens is 1. The van der Waals surface area contributed by atoms with Crippen molar-refractivity contribution in [3.8, 4) is 0 Å². The topological polar surface area (TPSA) is 32.3 Å². The maximum absolute atomic E-state index is 13.1. The predicted octanol–water partition coefficient (Wildman–Crippen LogP) is 4.98. The van der Waals surface area contributed by atoms with Crippen LogP contribution in [-0.2, 0) is 11.3 Å². The summed E-state index contributed by atoms with van der Waals surface area (Å²) in [5.74, 6) is 0.953. The molecule has 3 nitrogen and oxygen atoms in total. The first-order valence-electron chi connectivity index (χ1n) is 9.83. The molecule has 0 aliphatic carbocycles. The SMILES string of the molecule is CC(c1ccccc1)N(Cc1ccccc1)C(=O)CCC1CCNCC1.Cl. The first-order valence-corrected chi connectivity index (χ1v) is 9.83. The van der Waals surface area contributed by atoms with Crippen molar-refractivity contribution in [3.63, 3.8) is 0 Å². The van der Waals surface area contributed by atoms with Gasteiger partial charge in [0, 0.05) is 13.0 Å². The number of piperidine rings is 1. The summed E-state index contributed by atoms with van der Waals surface area (Å²) in [5.41, 5.74) is 2.38. The van der Waals surface area contributed by atoms with Crippen LogP contribution in [0.1, 0.15) is 49.8 Å². The first-order chi connectivity index (χ1) is 12.7. The van der Waals surface area contributed by atoms with Crippen molar-refractivity contribution in [1.82, 2.24) is 10.2 Å². The average molecular weight is 387 g/mol. The number of rotatable bonds is 7. The van der Waals surface area contributed by atoms with Gasteiger partial charge in [0.15, 0.2) is 0 Å². The summed E-state index contributed by atoms with van der Waals surface area (Å²) < 4.78 is 0. The molecule has 4 heteroatoms. The van der Waals surface area contributed by atoms with Gasteiger partial charge in [0.25, 0.3) is 0 Å². The third-order valence-corrected chi connectivity index (χ3v) is 5.49. The van der Waals surface area contributed by atoms with Crippen molar-refractivity contribution in [3.05, 3.63) is 71.8 Å². The number of carbonyl (C=O) groups is 1. The van der Waals surface area contributed by atoms with E-state index in [0.717, 1.165) is 19.5 Å². The van der Waals surface area contributed by atoms with Crippen LogP contribution in [0.15, 0.2) is 60.7 Å². The Balaban J connectivity index is 0.00000261. The Kier molecular flexibility index (Phi) is 8.83. The molecule has 27 heavy (non-hydrogen) atoms. The van der Waals surface area contributed by atoms with Crippen LogP contribution in [0.25, 0.3) is 0 Å². The molecular weight excluding hydrogens is 356 g/mol. The molecule has 1 aliphatic rings. The Bertz CT molecular complexity index is 671. The van der Waals surface area contributed by atoms with E-state index in [2.05, 4.69) is 36.5 Å². The quantitative estimate of drug-likeness (QED) is 0.727. The van der Waals surface area contributed by atoms with Crippen molar-refractivity contribution < 1.29 is 4.79 Å². The Morgan fingerprint density at radius 3 is 2.26 bits per heavy atom. The van der Waals surface area contributed by atoms with Gasteiger partial charge in [-0.1, -0.05) is 60.7 Å². The first kappa shape index (κ1) is 21.5. The molecule has 1 aliphatic heterocycles. The van der Waals surface area contributed by atoms with Crippen LogP contribution in [0.4, 0.5) is 0 Å². The minimum atomic E-state index is 0. The Morgan fingerprint density at radius 2 is 1.63 bits per heavy atom. The van der Waals surface area contributed by atoms with E-state index in [1.54, 1.807) is 0 Å². The Morgan fingerprint density at radius 1 is 1.04 bits per heavy atom. The summed E-state index contributed by atoms with van der Waals surface area (Å²) in [7, 11) is 0. The molecule has 1 fully saturated rings. The molecule has 1 N–H and O–H groups in total. The normalized spacial score (nSPS) is 15.6. The average Bonchev–Trinajstić information content (AvgIpc) is 2.72. The van der Waals surface area contributed by atoms with E-state index in [9.17, 15) is 4.79 Å². The summed E-state index contributed by atoms with van der Waals surface area (Å²) in [4.78, 5) is 15.2. The zero-order chi connectivity index (χ0) is 18.2. The van der Waals surface area contributed by atoms with Crippen molar-refractivity contribution in [2.45, 2.75) is 45.2 Å². The number of hydrogen-bond donors (Lipinski definition) is 1. The monoisotopic (exact) mass is 386 g/mol. The van der Waals surface area contributed by atoms with E-state index < -0.39 is 0 Å². The number of hydrogen-bond acceptors (Lipinski definition) is 2. The van der Waals surface area contributed by atoms with Crippen LogP contribution in [0.3, 0.4) is 0 Å². The fraction of sp³-hybridized carbons (Fsp3) is 0.435. The zero-order valence-corrected chi connectivity index (χ0v) is 17.0. The van der Waals surface area contributed by atoms with Crippen LogP contribution in [0, 0.1) is 5.92 Å².